The molecule has 0 radical (unpaired) electrons. The number of rotatable bonds is 0. The van der Waals surface area contributed by atoms with Crippen LogP contribution in [0.3, 0.4) is 0 Å². The van der Waals surface area contributed by atoms with E-state index in [1.807, 2.05) is 0 Å². The number of likely N-dealkylation sites (N-methyl/N-ethyl adjacent to an activating group) is 1. The van der Waals surface area contributed by atoms with E-state index in [0.717, 1.165) is 6.04 Å². The van der Waals surface area contributed by atoms with Crippen molar-refractivity contribution in [3.8, 4) is 0 Å². The molecule has 1 heteroatoms. The average Bonchev–Trinajstić information content (AvgIpc) is 2.80. The molecule has 18 heavy (non-hydrogen) atoms. The fourth-order valence-corrected chi connectivity index (χ4v) is 4.18. The summed E-state index contributed by atoms with van der Waals surface area (Å²) in [6.07, 6.45) is 4.03. The molecule has 2 aromatic rings. The van der Waals surface area contributed by atoms with Crippen LogP contribution in [0.5, 0.6) is 0 Å². The van der Waals surface area contributed by atoms with Crippen molar-refractivity contribution in [2.75, 3.05) is 20.1 Å². The smallest absolute Gasteiger partial charge is 0.115 e. The molecule has 2 aliphatic heterocycles. The molecule has 92 valence electrons. The molecule has 0 saturated carbocycles. The Bertz CT molecular complexity index is 616. The standard InChI is InChI=1S/C17H20N/c1-18-11-4-7-17(18)16-9-8-13-5-2-3-6-14(13)15(16)10-12-18/h2-3,5-6,8-9,17H,4,7,10-12H2,1H3/q+1. The highest BCUT2D eigenvalue weighted by Gasteiger charge is 2.42. The molecule has 2 unspecified atom stereocenters. The monoisotopic (exact) mass is 238 g/mol. The molecule has 1 saturated heterocycles. The third-order valence-corrected chi connectivity index (χ3v) is 5.21. The third kappa shape index (κ3) is 1.31. The first-order chi connectivity index (χ1) is 8.78. The lowest BCUT2D eigenvalue weighted by molar-refractivity contribution is -0.928. The van der Waals surface area contributed by atoms with Gasteiger partial charge in [-0.25, -0.2) is 0 Å². The first kappa shape index (κ1) is 10.6. The molecule has 4 rings (SSSR count). The van der Waals surface area contributed by atoms with Gasteiger partial charge in [-0.2, -0.15) is 0 Å². The Labute approximate surface area is 109 Å². The summed E-state index contributed by atoms with van der Waals surface area (Å²) in [7, 11) is 2.45. The van der Waals surface area contributed by atoms with Crippen molar-refractivity contribution in [3.63, 3.8) is 0 Å². The van der Waals surface area contributed by atoms with Crippen molar-refractivity contribution in [1.29, 1.82) is 0 Å². The van der Waals surface area contributed by atoms with Gasteiger partial charge in [0.1, 0.15) is 6.04 Å². The molecule has 0 bridgehead atoms. The van der Waals surface area contributed by atoms with E-state index in [0.29, 0.717) is 0 Å². The van der Waals surface area contributed by atoms with Crippen LogP contribution in [0, 0.1) is 0 Å². The maximum Gasteiger partial charge on any atom is 0.115 e. The quantitative estimate of drug-likeness (QED) is 0.614. The Balaban J connectivity index is 1.97. The lowest BCUT2D eigenvalue weighted by atomic mass is 9.87. The second kappa shape index (κ2) is 3.58. The summed E-state index contributed by atoms with van der Waals surface area (Å²) in [5.41, 5.74) is 3.27. The molecular weight excluding hydrogens is 218 g/mol. The molecule has 2 aliphatic rings. The van der Waals surface area contributed by atoms with Crippen LogP contribution in [-0.2, 0) is 6.42 Å². The van der Waals surface area contributed by atoms with E-state index in [-0.39, 0.29) is 0 Å². The number of hydrogen-bond acceptors (Lipinski definition) is 0. The van der Waals surface area contributed by atoms with Crippen LogP contribution in [0.25, 0.3) is 10.8 Å². The topological polar surface area (TPSA) is 0 Å². The number of quaternary nitrogens is 1. The SMILES string of the molecule is C[N+]12CCCC1c1ccc3ccccc3c1CC2. The highest BCUT2D eigenvalue weighted by molar-refractivity contribution is 5.87. The summed E-state index contributed by atoms with van der Waals surface area (Å²) in [5, 5.41) is 2.90. The van der Waals surface area contributed by atoms with Gasteiger partial charge in [-0.05, 0) is 16.3 Å². The zero-order valence-electron chi connectivity index (χ0n) is 11.0. The fourth-order valence-electron chi connectivity index (χ4n) is 4.18. The predicted molar refractivity (Wildman–Crippen MR) is 75.5 cm³/mol. The molecule has 0 amide bonds. The predicted octanol–water partition coefficient (Wildman–Crippen LogP) is 3.68. The van der Waals surface area contributed by atoms with Gasteiger partial charge in [-0.1, -0.05) is 36.4 Å². The van der Waals surface area contributed by atoms with Gasteiger partial charge >= 0.3 is 0 Å². The second-order valence-electron chi connectivity index (χ2n) is 6.19. The number of fused-ring (bicyclic) bond motifs is 5. The molecule has 2 aromatic carbocycles. The summed E-state index contributed by atoms with van der Waals surface area (Å²) in [6, 6.07) is 14.4. The Kier molecular flexibility index (Phi) is 2.10. The Morgan fingerprint density at radius 2 is 1.94 bits per heavy atom. The zero-order chi connectivity index (χ0) is 12.2. The lowest BCUT2D eigenvalue weighted by Gasteiger charge is -2.41. The van der Waals surface area contributed by atoms with Crippen molar-refractivity contribution in [2.24, 2.45) is 0 Å². The second-order valence-corrected chi connectivity index (χ2v) is 6.19. The van der Waals surface area contributed by atoms with E-state index < -0.39 is 0 Å². The van der Waals surface area contributed by atoms with E-state index in [1.54, 1.807) is 11.1 Å². The van der Waals surface area contributed by atoms with Crippen molar-refractivity contribution in [3.05, 3.63) is 47.5 Å². The van der Waals surface area contributed by atoms with Crippen LogP contribution in [0.4, 0.5) is 0 Å². The Hall–Kier alpha value is -1.34. The van der Waals surface area contributed by atoms with Gasteiger partial charge in [0.25, 0.3) is 0 Å². The van der Waals surface area contributed by atoms with Crippen molar-refractivity contribution in [2.45, 2.75) is 25.3 Å². The van der Waals surface area contributed by atoms with Gasteiger partial charge in [0.2, 0.25) is 0 Å². The van der Waals surface area contributed by atoms with Crippen molar-refractivity contribution < 1.29 is 4.48 Å². The number of benzene rings is 2. The van der Waals surface area contributed by atoms with E-state index in [2.05, 4.69) is 43.4 Å². The zero-order valence-corrected chi connectivity index (χ0v) is 11.0. The molecule has 1 nitrogen and oxygen atoms in total. The normalized spacial score (nSPS) is 30.2. The Morgan fingerprint density at radius 1 is 1.06 bits per heavy atom. The van der Waals surface area contributed by atoms with Crippen LogP contribution in [0.2, 0.25) is 0 Å². The molecule has 0 N–H and O–H groups in total. The summed E-state index contributed by atoms with van der Waals surface area (Å²) in [5.74, 6) is 0. The maximum atomic E-state index is 2.45. The summed E-state index contributed by atoms with van der Waals surface area (Å²) < 4.78 is 1.28. The first-order valence-electron chi connectivity index (χ1n) is 7.13. The van der Waals surface area contributed by atoms with Crippen molar-refractivity contribution in [1.82, 2.24) is 0 Å². The van der Waals surface area contributed by atoms with Gasteiger partial charge in [0.05, 0.1) is 20.1 Å². The highest BCUT2D eigenvalue weighted by atomic mass is 15.4. The first-order valence-corrected chi connectivity index (χ1v) is 7.13. The molecular formula is C17H20N+. The van der Waals surface area contributed by atoms with Gasteiger partial charge in [0.15, 0.2) is 0 Å². The van der Waals surface area contributed by atoms with Gasteiger partial charge in [-0.3, -0.25) is 0 Å². The van der Waals surface area contributed by atoms with E-state index in [1.165, 1.54) is 47.6 Å². The largest absolute Gasteiger partial charge is 0.320 e. The molecule has 0 aliphatic carbocycles. The minimum atomic E-state index is 0.762. The van der Waals surface area contributed by atoms with Crippen LogP contribution in [0.1, 0.15) is 30.0 Å². The van der Waals surface area contributed by atoms with E-state index in [4.69, 9.17) is 0 Å². The van der Waals surface area contributed by atoms with E-state index >= 15 is 0 Å². The third-order valence-electron chi connectivity index (χ3n) is 5.21. The molecule has 0 aromatic heterocycles. The maximum absolute atomic E-state index is 2.45. The van der Waals surface area contributed by atoms with Gasteiger partial charge in [-0.15, -0.1) is 0 Å². The van der Waals surface area contributed by atoms with Crippen LogP contribution in [-0.4, -0.2) is 24.6 Å². The minimum absolute atomic E-state index is 0.762. The van der Waals surface area contributed by atoms with Gasteiger partial charge < -0.3 is 4.48 Å². The highest BCUT2D eigenvalue weighted by Crippen LogP contribution is 2.44. The van der Waals surface area contributed by atoms with Crippen LogP contribution in [0.15, 0.2) is 36.4 Å². The molecule has 2 atom stereocenters. The summed E-state index contributed by atoms with van der Waals surface area (Å²) >= 11 is 0. The van der Waals surface area contributed by atoms with Gasteiger partial charge in [0, 0.05) is 24.8 Å². The minimum Gasteiger partial charge on any atom is -0.320 e. The van der Waals surface area contributed by atoms with Crippen LogP contribution >= 0.6 is 0 Å². The Morgan fingerprint density at radius 3 is 2.89 bits per heavy atom. The summed E-state index contributed by atoms with van der Waals surface area (Å²) in [4.78, 5) is 0. The molecule has 1 fully saturated rings. The summed E-state index contributed by atoms with van der Waals surface area (Å²) in [6.45, 7) is 2.70. The van der Waals surface area contributed by atoms with Crippen molar-refractivity contribution >= 4 is 10.8 Å². The average molecular weight is 238 g/mol. The fraction of sp³-hybridized carbons (Fsp3) is 0.412. The molecule has 0 spiro atoms. The molecule has 2 heterocycles. The number of hydrogen-bond donors (Lipinski definition) is 0. The lowest BCUT2D eigenvalue weighted by Crippen LogP contribution is -2.47. The number of nitrogens with zero attached hydrogens (tertiary/aromatic N) is 1. The van der Waals surface area contributed by atoms with E-state index in [9.17, 15) is 0 Å². The van der Waals surface area contributed by atoms with Crippen LogP contribution < -0.4 is 0 Å².